The van der Waals surface area contributed by atoms with Gasteiger partial charge in [0.2, 0.25) is 5.91 Å². The summed E-state index contributed by atoms with van der Waals surface area (Å²) in [5.41, 5.74) is 4.61. The van der Waals surface area contributed by atoms with Crippen LogP contribution in [0.5, 0.6) is 5.75 Å². The van der Waals surface area contributed by atoms with Gasteiger partial charge in [0.25, 0.3) is 0 Å². The lowest BCUT2D eigenvalue weighted by atomic mass is 10.0. The fraction of sp³-hybridized carbons (Fsp3) is 0.160. The Bertz CT molecular complexity index is 1280. The summed E-state index contributed by atoms with van der Waals surface area (Å²) in [4.78, 5) is 26.6. The van der Waals surface area contributed by atoms with Gasteiger partial charge in [-0.05, 0) is 41.0 Å². The monoisotopic (exact) mass is 429 g/mol. The maximum atomic E-state index is 11.3. The number of anilines is 1. The van der Waals surface area contributed by atoms with Crippen LogP contribution in [0.1, 0.15) is 12.5 Å². The minimum Gasteiger partial charge on any atom is -0.492 e. The Labute approximate surface area is 185 Å². The molecule has 4 rings (SSSR count). The number of hydrogen-bond acceptors (Lipinski definition) is 4. The highest BCUT2D eigenvalue weighted by atomic mass is 16.5. The molecule has 162 valence electrons. The largest absolute Gasteiger partial charge is 0.492 e. The van der Waals surface area contributed by atoms with Crippen molar-refractivity contribution >= 4 is 28.6 Å². The van der Waals surface area contributed by atoms with E-state index in [-0.39, 0.29) is 12.5 Å². The molecule has 0 spiro atoms. The molecule has 0 unspecified atom stereocenters. The lowest BCUT2D eigenvalue weighted by molar-refractivity contribution is -0.137. The normalized spacial score (nSPS) is 10.8. The van der Waals surface area contributed by atoms with Crippen LogP contribution in [0.25, 0.3) is 22.2 Å². The number of amides is 1. The van der Waals surface area contributed by atoms with Crippen LogP contribution in [0, 0.1) is 0 Å². The van der Waals surface area contributed by atoms with E-state index in [1.54, 1.807) is 17.0 Å². The first kappa shape index (κ1) is 21.1. The van der Waals surface area contributed by atoms with E-state index in [0.29, 0.717) is 18.0 Å². The van der Waals surface area contributed by atoms with Gasteiger partial charge in [-0.15, -0.1) is 0 Å². The van der Waals surface area contributed by atoms with E-state index in [2.05, 4.69) is 22.4 Å². The van der Waals surface area contributed by atoms with Gasteiger partial charge in [-0.3, -0.25) is 9.59 Å². The second kappa shape index (κ2) is 9.34. The van der Waals surface area contributed by atoms with Gasteiger partial charge < -0.3 is 19.7 Å². The van der Waals surface area contributed by atoms with Crippen molar-refractivity contribution in [1.29, 1.82) is 0 Å². The number of carboxylic acids is 1. The molecule has 0 aliphatic heterocycles. The minimum atomic E-state index is -0.909. The van der Waals surface area contributed by atoms with E-state index >= 15 is 0 Å². The number of ether oxygens (including phenoxy) is 1. The number of carboxylic acid groups (broad SMARTS) is 1. The van der Waals surface area contributed by atoms with E-state index in [1.807, 2.05) is 48.5 Å². The first-order chi connectivity index (χ1) is 15.5. The second-order valence-corrected chi connectivity index (χ2v) is 7.48. The molecule has 0 atom stereocenters. The Morgan fingerprint density at radius 3 is 2.62 bits per heavy atom. The molecule has 0 radical (unpaired) electrons. The van der Waals surface area contributed by atoms with Crippen LogP contribution in [0.2, 0.25) is 0 Å². The van der Waals surface area contributed by atoms with Gasteiger partial charge in [0.1, 0.15) is 17.9 Å². The first-order valence-corrected chi connectivity index (χ1v) is 10.2. The van der Waals surface area contributed by atoms with Crippen LogP contribution in [0.15, 0.2) is 73.1 Å². The zero-order valence-corrected chi connectivity index (χ0v) is 17.6. The van der Waals surface area contributed by atoms with Crippen LogP contribution in [0.3, 0.4) is 0 Å². The summed E-state index contributed by atoms with van der Waals surface area (Å²) in [6.07, 6.45) is 4.05. The van der Waals surface area contributed by atoms with Crippen LogP contribution in [-0.4, -0.2) is 33.1 Å². The van der Waals surface area contributed by atoms with Crippen molar-refractivity contribution in [2.45, 2.75) is 19.9 Å². The summed E-state index contributed by atoms with van der Waals surface area (Å²) < 4.78 is 7.47. The number of carbonyl (C=O) groups is 2. The second-order valence-electron chi connectivity index (χ2n) is 7.48. The third-order valence-electron chi connectivity index (χ3n) is 4.98. The lowest BCUT2D eigenvalue weighted by Crippen LogP contribution is -2.08. The molecular formula is C25H23N3O4. The fourth-order valence-corrected chi connectivity index (χ4v) is 3.58. The Kier molecular flexibility index (Phi) is 6.17. The number of carbonyl (C=O) groups excluding carboxylic acids is 1. The molecule has 1 amide bonds. The van der Waals surface area contributed by atoms with Crippen molar-refractivity contribution in [1.82, 2.24) is 9.55 Å². The van der Waals surface area contributed by atoms with Gasteiger partial charge in [0, 0.05) is 30.6 Å². The zero-order chi connectivity index (χ0) is 22.5. The fourth-order valence-electron chi connectivity index (χ4n) is 3.58. The van der Waals surface area contributed by atoms with Crippen LogP contribution in [0.4, 0.5) is 5.69 Å². The molecule has 0 fully saturated rings. The molecule has 0 saturated heterocycles. The average Bonchev–Trinajstić information content (AvgIpc) is 3.15. The topological polar surface area (TPSA) is 93.5 Å². The first-order valence-electron chi connectivity index (χ1n) is 10.2. The van der Waals surface area contributed by atoms with Crippen molar-refractivity contribution in [3.8, 4) is 16.9 Å². The summed E-state index contributed by atoms with van der Waals surface area (Å²) in [5.74, 6) is -0.363. The molecule has 7 heteroatoms. The summed E-state index contributed by atoms with van der Waals surface area (Å²) in [7, 11) is 0. The van der Waals surface area contributed by atoms with Crippen LogP contribution in [-0.2, 0) is 22.6 Å². The van der Waals surface area contributed by atoms with Crippen molar-refractivity contribution < 1.29 is 19.4 Å². The molecule has 4 aromatic rings. The lowest BCUT2D eigenvalue weighted by Gasteiger charge is -2.09. The van der Waals surface area contributed by atoms with Gasteiger partial charge in [0.15, 0.2) is 0 Å². The number of hydrogen-bond donors (Lipinski definition) is 2. The number of aliphatic carboxylic acids is 1. The number of nitrogens with zero attached hydrogens (tertiary/aromatic N) is 2. The molecule has 0 saturated carbocycles. The minimum absolute atomic E-state index is 0.0980. The summed E-state index contributed by atoms with van der Waals surface area (Å²) in [6.45, 7) is 1.85. The highest BCUT2D eigenvalue weighted by Gasteiger charge is 2.08. The van der Waals surface area contributed by atoms with Gasteiger partial charge >= 0.3 is 5.97 Å². The van der Waals surface area contributed by atoms with Crippen molar-refractivity contribution in [3.63, 3.8) is 0 Å². The SMILES string of the molecule is CC(=O)Nc1cccc(-c2cccc(CCOc3cnc4c(ccn4CC(=O)O)c3)c2)c1. The number of fused-ring (bicyclic) bond motifs is 1. The van der Waals surface area contributed by atoms with E-state index in [1.165, 1.54) is 6.92 Å². The predicted molar refractivity (Wildman–Crippen MR) is 123 cm³/mol. The molecule has 2 heterocycles. The Morgan fingerprint density at radius 2 is 1.84 bits per heavy atom. The zero-order valence-electron chi connectivity index (χ0n) is 17.6. The molecule has 7 nitrogen and oxygen atoms in total. The summed E-state index contributed by atoms with van der Waals surface area (Å²) in [6, 6.07) is 19.7. The number of benzene rings is 2. The van der Waals surface area contributed by atoms with E-state index in [9.17, 15) is 9.59 Å². The quantitative estimate of drug-likeness (QED) is 0.434. The van der Waals surface area contributed by atoms with E-state index in [0.717, 1.165) is 34.2 Å². The number of aromatic nitrogens is 2. The molecule has 0 bridgehead atoms. The predicted octanol–water partition coefficient (Wildman–Crippen LogP) is 4.37. The smallest absolute Gasteiger partial charge is 0.323 e. The van der Waals surface area contributed by atoms with E-state index in [4.69, 9.17) is 9.84 Å². The van der Waals surface area contributed by atoms with Crippen LogP contribution < -0.4 is 10.1 Å². The highest BCUT2D eigenvalue weighted by Crippen LogP contribution is 2.24. The van der Waals surface area contributed by atoms with Gasteiger partial charge in [-0.25, -0.2) is 4.98 Å². The molecule has 2 aromatic carbocycles. The Morgan fingerprint density at radius 1 is 1.06 bits per heavy atom. The molecule has 0 aliphatic rings. The van der Waals surface area contributed by atoms with Crippen molar-refractivity contribution in [2.75, 3.05) is 11.9 Å². The maximum Gasteiger partial charge on any atom is 0.323 e. The average molecular weight is 429 g/mol. The molecule has 0 aliphatic carbocycles. The molecular weight excluding hydrogens is 406 g/mol. The summed E-state index contributed by atoms with van der Waals surface area (Å²) in [5, 5.41) is 12.6. The summed E-state index contributed by atoms with van der Waals surface area (Å²) >= 11 is 0. The van der Waals surface area contributed by atoms with Crippen molar-refractivity contribution in [3.05, 3.63) is 78.6 Å². The molecule has 2 aromatic heterocycles. The van der Waals surface area contributed by atoms with Crippen LogP contribution >= 0.6 is 0 Å². The van der Waals surface area contributed by atoms with Crippen molar-refractivity contribution in [2.24, 2.45) is 0 Å². The third-order valence-corrected chi connectivity index (χ3v) is 4.98. The molecule has 2 N–H and O–H groups in total. The van der Waals surface area contributed by atoms with E-state index < -0.39 is 5.97 Å². The number of rotatable bonds is 8. The standard InChI is InChI=1S/C25H23N3O4/c1-17(29)27-22-7-3-6-20(13-22)19-5-2-4-18(12-19)9-11-32-23-14-21-8-10-28(16-24(30)31)25(21)26-15-23/h2-8,10,12-15H,9,11,16H2,1H3,(H,27,29)(H,30,31). The Balaban J connectivity index is 1.41. The van der Waals surface area contributed by atoms with Gasteiger partial charge in [0.05, 0.1) is 12.8 Å². The number of pyridine rings is 1. The number of nitrogens with one attached hydrogen (secondary N) is 1. The van der Waals surface area contributed by atoms with Gasteiger partial charge in [-0.1, -0.05) is 36.4 Å². The third kappa shape index (κ3) is 5.13. The maximum absolute atomic E-state index is 11.3. The molecule has 32 heavy (non-hydrogen) atoms. The highest BCUT2D eigenvalue weighted by molar-refractivity contribution is 5.89. The van der Waals surface area contributed by atoms with Gasteiger partial charge in [-0.2, -0.15) is 0 Å². The Hall–Kier alpha value is -4.13.